The number of nitrogens with one attached hydrogen (secondary N) is 2. The van der Waals surface area contributed by atoms with Gasteiger partial charge in [-0.2, -0.15) is 15.1 Å². The Kier molecular flexibility index (Phi) is 4.74. The summed E-state index contributed by atoms with van der Waals surface area (Å²) in [5.41, 5.74) is 8.07. The topological polar surface area (TPSA) is 120 Å². The largest absolute Gasteiger partial charge is 0.339 e. The molecule has 2 saturated heterocycles. The van der Waals surface area contributed by atoms with Crippen molar-refractivity contribution in [1.29, 1.82) is 0 Å². The van der Waals surface area contributed by atoms with E-state index in [9.17, 15) is 4.79 Å². The zero-order chi connectivity index (χ0) is 21.7. The summed E-state index contributed by atoms with van der Waals surface area (Å²) in [5.74, 6) is 2.70. The van der Waals surface area contributed by atoms with E-state index >= 15 is 0 Å². The van der Waals surface area contributed by atoms with Gasteiger partial charge in [-0.05, 0) is 50.7 Å². The number of nitrogens with zero attached hydrogens (tertiary/aromatic N) is 6. The fourth-order valence-corrected chi connectivity index (χ4v) is 4.94. The third-order valence-electron chi connectivity index (χ3n) is 6.79. The smallest absolute Gasteiger partial charge is 0.245 e. The fourth-order valence-electron chi connectivity index (χ4n) is 4.94. The number of fused-ring (bicyclic) bond motifs is 1. The van der Waals surface area contributed by atoms with Gasteiger partial charge < -0.3 is 20.9 Å². The van der Waals surface area contributed by atoms with Crippen molar-refractivity contribution in [1.82, 2.24) is 29.5 Å². The first kappa shape index (κ1) is 19.5. The van der Waals surface area contributed by atoms with Gasteiger partial charge in [0.05, 0.1) is 0 Å². The van der Waals surface area contributed by atoms with Crippen molar-refractivity contribution >= 4 is 29.3 Å². The Morgan fingerprint density at radius 3 is 2.88 bits per heavy atom. The van der Waals surface area contributed by atoms with Crippen LogP contribution in [0.5, 0.6) is 0 Å². The van der Waals surface area contributed by atoms with Gasteiger partial charge in [0.15, 0.2) is 5.82 Å². The number of rotatable bonds is 5. The molecule has 3 aliphatic rings. The summed E-state index contributed by atoms with van der Waals surface area (Å²) in [7, 11) is 0. The molecule has 5 heterocycles. The third-order valence-corrected chi connectivity index (χ3v) is 6.79. The van der Waals surface area contributed by atoms with E-state index in [0.717, 1.165) is 55.9 Å². The van der Waals surface area contributed by atoms with Gasteiger partial charge in [0.25, 0.3) is 0 Å². The SMILES string of the molecule is N[C@H]1CCCN(C(=O)[C@@H]2CCCN2c2nc(Nc3cc(C4CC4)[nH]n3)n3cccc3n2)C1. The van der Waals surface area contributed by atoms with E-state index in [2.05, 4.69) is 26.5 Å². The predicted molar refractivity (Wildman–Crippen MR) is 121 cm³/mol. The lowest BCUT2D eigenvalue weighted by atomic mass is 10.0. The van der Waals surface area contributed by atoms with Crippen LogP contribution in [0.3, 0.4) is 0 Å². The number of H-pyrrole nitrogens is 1. The summed E-state index contributed by atoms with van der Waals surface area (Å²) < 4.78 is 1.91. The summed E-state index contributed by atoms with van der Waals surface area (Å²) in [6.45, 7) is 2.18. The molecule has 3 fully saturated rings. The minimum absolute atomic E-state index is 0.0704. The van der Waals surface area contributed by atoms with Crippen molar-refractivity contribution in [2.24, 2.45) is 5.73 Å². The van der Waals surface area contributed by atoms with Crippen LogP contribution in [-0.4, -0.2) is 67.1 Å². The molecule has 0 aromatic carbocycles. The molecule has 1 saturated carbocycles. The number of anilines is 3. The molecule has 0 radical (unpaired) electrons. The zero-order valence-electron chi connectivity index (χ0n) is 18.1. The van der Waals surface area contributed by atoms with Crippen LogP contribution < -0.4 is 16.0 Å². The molecule has 3 aromatic heterocycles. The molecule has 32 heavy (non-hydrogen) atoms. The third kappa shape index (κ3) is 3.58. The highest BCUT2D eigenvalue weighted by molar-refractivity contribution is 5.85. The van der Waals surface area contributed by atoms with Crippen molar-refractivity contribution in [2.45, 2.75) is 56.5 Å². The molecular weight excluding hydrogens is 406 g/mol. The van der Waals surface area contributed by atoms with Crippen LogP contribution in [0, 0.1) is 0 Å². The summed E-state index contributed by atoms with van der Waals surface area (Å²) in [6.07, 6.45) is 8.06. The molecular formula is C22H29N9O. The number of carbonyl (C=O) groups is 1. The summed E-state index contributed by atoms with van der Waals surface area (Å²) in [6, 6.07) is 5.78. The highest BCUT2D eigenvalue weighted by atomic mass is 16.2. The number of hydrogen-bond acceptors (Lipinski definition) is 7. The number of aromatic amines is 1. The summed E-state index contributed by atoms with van der Waals surface area (Å²) in [5, 5.41) is 10.9. The van der Waals surface area contributed by atoms with Crippen molar-refractivity contribution in [3.8, 4) is 0 Å². The van der Waals surface area contributed by atoms with Gasteiger partial charge in [-0.1, -0.05) is 0 Å². The molecule has 1 aliphatic carbocycles. The quantitative estimate of drug-likeness (QED) is 0.560. The maximum absolute atomic E-state index is 13.3. The van der Waals surface area contributed by atoms with Crippen molar-refractivity contribution in [3.63, 3.8) is 0 Å². The number of piperidine rings is 1. The molecule has 10 heteroatoms. The van der Waals surface area contributed by atoms with E-state index in [4.69, 9.17) is 15.7 Å². The van der Waals surface area contributed by atoms with Crippen LogP contribution in [0.4, 0.5) is 17.7 Å². The number of nitrogens with two attached hydrogens (primary N) is 1. The molecule has 2 aliphatic heterocycles. The first-order valence-electron chi connectivity index (χ1n) is 11.6. The Hall–Kier alpha value is -3.14. The molecule has 4 N–H and O–H groups in total. The highest BCUT2D eigenvalue weighted by Gasteiger charge is 2.37. The molecule has 10 nitrogen and oxygen atoms in total. The van der Waals surface area contributed by atoms with Crippen LogP contribution in [0.15, 0.2) is 24.4 Å². The molecule has 6 rings (SSSR count). The Balaban J connectivity index is 1.29. The maximum atomic E-state index is 13.3. The van der Waals surface area contributed by atoms with E-state index < -0.39 is 0 Å². The minimum Gasteiger partial charge on any atom is -0.339 e. The number of amides is 1. The molecule has 3 aromatic rings. The van der Waals surface area contributed by atoms with Gasteiger partial charge in [-0.3, -0.25) is 14.3 Å². The molecule has 0 spiro atoms. The summed E-state index contributed by atoms with van der Waals surface area (Å²) >= 11 is 0. The molecule has 0 unspecified atom stereocenters. The van der Waals surface area contributed by atoms with Gasteiger partial charge >= 0.3 is 0 Å². The maximum Gasteiger partial charge on any atom is 0.245 e. The second-order valence-electron chi connectivity index (χ2n) is 9.23. The lowest BCUT2D eigenvalue weighted by molar-refractivity contribution is -0.133. The van der Waals surface area contributed by atoms with Crippen molar-refractivity contribution in [3.05, 3.63) is 30.1 Å². The molecule has 168 valence electrons. The Labute approximate surface area is 186 Å². The first-order chi connectivity index (χ1) is 15.7. The van der Waals surface area contributed by atoms with Gasteiger partial charge in [0, 0.05) is 49.6 Å². The van der Waals surface area contributed by atoms with E-state index in [1.54, 1.807) is 0 Å². The lowest BCUT2D eigenvalue weighted by Gasteiger charge is -2.35. The Morgan fingerprint density at radius 2 is 2.03 bits per heavy atom. The number of hydrogen-bond donors (Lipinski definition) is 3. The number of likely N-dealkylation sites (tertiary alicyclic amines) is 1. The predicted octanol–water partition coefficient (Wildman–Crippen LogP) is 1.99. The van der Waals surface area contributed by atoms with E-state index in [-0.39, 0.29) is 18.0 Å². The Bertz CT molecular complexity index is 1130. The van der Waals surface area contributed by atoms with Crippen LogP contribution in [0.25, 0.3) is 5.65 Å². The molecule has 2 atom stereocenters. The van der Waals surface area contributed by atoms with Gasteiger partial charge in [0.1, 0.15) is 11.7 Å². The first-order valence-corrected chi connectivity index (χ1v) is 11.6. The van der Waals surface area contributed by atoms with E-state index in [0.29, 0.717) is 24.4 Å². The Morgan fingerprint density at radius 1 is 1.16 bits per heavy atom. The number of aromatic nitrogens is 5. The van der Waals surface area contributed by atoms with Crippen LogP contribution in [0.1, 0.15) is 50.1 Å². The summed E-state index contributed by atoms with van der Waals surface area (Å²) in [4.78, 5) is 26.9. The minimum atomic E-state index is -0.239. The van der Waals surface area contributed by atoms with E-state index in [1.165, 1.54) is 12.8 Å². The average Bonchev–Trinajstić information content (AvgIpc) is 3.19. The van der Waals surface area contributed by atoms with Crippen LogP contribution in [0.2, 0.25) is 0 Å². The van der Waals surface area contributed by atoms with E-state index in [1.807, 2.05) is 27.6 Å². The van der Waals surface area contributed by atoms with Crippen molar-refractivity contribution < 1.29 is 4.79 Å². The normalized spacial score (nSPS) is 23.8. The fraction of sp³-hybridized carbons (Fsp3) is 0.545. The zero-order valence-corrected chi connectivity index (χ0v) is 18.1. The van der Waals surface area contributed by atoms with Crippen LogP contribution in [-0.2, 0) is 4.79 Å². The average molecular weight is 436 g/mol. The van der Waals surface area contributed by atoms with Gasteiger partial charge in [0.2, 0.25) is 17.8 Å². The number of carbonyl (C=O) groups excluding carboxylic acids is 1. The second kappa shape index (κ2) is 7.77. The molecule has 0 bridgehead atoms. The lowest BCUT2D eigenvalue weighted by Crippen LogP contribution is -2.52. The van der Waals surface area contributed by atoms with Gasteiger partial charge in [-0.25, -0.2) is 0 Å². The van der Waals surface area contributed by atoms with Crippen molar-refractivity contribution in [2.75, 3.05) is 29.9 Å². The second-order valence-corrected chi connectivity index (χ2v) is 9.23. The standard InChI is InChI=1S/C22H29N9O/c23-15-4-1-9-29(13-15)20(32)17-5-2-10-30(17)22-25-19-6-3-11-31(19)21(26-22)24-18-12-16(27-28-18)14-7-8-14/h3,6,11-12,14-15,17H,1-2,4-5,7-10,13,23H2,(H2,24,25,26,27,28)/t15-,17-/m0/s1. The van der Waals surface area contributed by atoms with Gasteiger partial charge in [-0.15, -0.1) is 0 Å². The van der Waals surface area contributed by atoms with Crippen LogP contribution >= 0.6 is 0 Å². The monoisotopic (exact) mass is 435 g/mol. The highest BCUT2D eigenvalue weighted by Crippen LogP contribution is 2.39. The molecule has 1 amide bonds.